The zero-order valence-electron chi connectivity index (χ0n) is 16.3. The van der Waals surface area contributed by atoms with E-state index < -0.39 is 0 Å². The van der Waals surface area contributed by atoms with Crippen molar-refractivity contribution in [3.63, 3.8) is 0 Å². The summed E-state index contributed by atoms with van der Waals surface area (Å²) in [5.41, 5.74) is 2.71. The van der Waals surface area contributed by atoms with Crippen molar-refractivity contribution in [1.82, 2.24) is 9.88 Å². The van der Waals surface area contributed by atoms with E-state index in [1.165, 1.54) is 22.9 Å². The molecule has 6 nitrogen and oxygen atoms in total. The molecule has 1 saturated carbocycles. The summed E-state index contributed by atoms with van der Waals surface area (Å²) in [5, 5.41) is 5.76. The molecule has 4 rings (SSSR count). The molecule has 152 valence electrons. The summed E-state index contributed by atoms with van der Waals surface area (Å²) in [4.78, 5) is 37.5. The number of benzene rings is 2. The van der Waals surface area contributed by atoms with Crippen molar-refractivity contribution in [2.24, 2.45) is 0 Å². The molecule has 3 aromatic rings. The molecule has 0 saturated heterocycles. The molecule has 2 N–H and O–H groups in total. The Bertz CT molecular complexity index is 1200. The number of hydrogen-bond acceptors (Lipinski definition) is 3. The highest BCUT2D eigenvalue weighted by Crippen LogP contribution is 2.25. The molecule has 2 aromatic carbocycles. The molecule has 30 heavy (non-hydrogen) atoms. The van der Waals surface area contributed by atoms with Gasteiger partial charge in [-0.3, -0.25) is 19.0 Å². The van der Waals surface area contributed by atoms with Crippen LogP contribution in [0.25, 0.3) is 5.69 Å². The molecule has 1 heterocycles. The van der Waals surface area contributed by atoms with Crippen LogP contribution in [0.3, 0.4) is 0 Å². The molecule has 0 bridgehead atoms. The predicted octanol–water partition coefficient (Wildman–Crippen LogP) is 4.05. The molecule has 0 aliphatic heterocycles. The maximum atomic E-state index is 12.9. The van der Waals surface area contributed by atoms with E-state index in [9.17, 15) is 14.4 Å². The van der Waals surface area contributed by atoms with Crippen LogP contribution in [0.2, 0.25) is 0 Å². The molecular weight excluding hydrogens is 446 g/mol. The van der Waals surface area contributed by atoms with Gasteiger partial charge in [-0.2, -0.15) is 0 Å². The van der Waals surface area contributed by atoms with Crippen molar-refractivity contribution in [3.05, 3.63) is 92.3 Å². The van der Waals surface area contributed by atoms with E-state index in [-0.39, 0.29) is 23.4 Å². The number of nitrogens with zero attached hydrogens (tertiary/aromatic N) is 1. The lowest BCUT2D eigenvalue weighted by Crippen LogP contribution is -2.25. The van der Waals surface area contributed by atoms with Gasteiger partial charge in [-0.15, -0.1) is 0 Å². The Hall–Kier alpha value is -3.19. The van der Waals surface area contributed by atoms with E-state index in [1.54, 1.807) is 18.2 Å². The average molecular weight is 466 g/mol. The Balaban J connectivity index is 1.60. The van der Waals surface area contributed by atoms with Crippen molar-refractivity contribution < 1.29 is 9.59 Å². The molecule has 1 aliphatic carbocycles. The minimum Gasteiger partial charge on any atom is -0.349 e. The van der Waals surface area contributed by atoms with Gasteiger partial charge < -0.3 is 10.6 Å². The number of carbonyl (C=O) groups is 2. The minimum absolute atomic E-state index is 0.159. The van der Waals surface area contributed by atoms with Crippen molar-refractivity contribution in [1.29, 1.82) is 0 Å². The second-order valence-electron chi connectivity index (χ2n) is 7.31. The molecule has 1 fully saturated rings. The van der Waals surface area contributed by atoms with Gasteiger partial charge in [0, 0.05) is 28.3 Å². The molecule has 0 radical (unpaired) electrons. The first kappa shape index (κ1) is 20.1. The smallest absolute Gasteiger partial charge is 0.257 e. The third-order valence-electron chi connectivity index (χ3n) is 4.94. The summed E-state index contributed by atoms with van der Waals surface area (Å²) in [5.74, 6) is -0.536. The lowest BCUT2D eigenvalue weighted by atomic mass is 10.1. The van der Waals surface area contributed by atoms with Crippen molar-refractivity contribution >= 4 is 33.4 Å². The van der Waals surface area contributed by atoms with Gasteiger partial charge in [-0.1, -0.05) is 18.2 Å². The van der Waals surface area contributed by atoms with E-state index in [1.807, 2.05) is 31.2 Å². The van der Waals surface area contributed by atoms with E-state index in [0.717, 1.165) is 24.1 Å². The van der Waals surface area contributed by atoms with Gasteiger partial charge in [0.15, 0.2) is 0 Å². The van der Waals surface area contributed by atoms with Gasteiger partial charge in [-0.25, -0.2) is 0 Å². The highest BCUT2D eigenvalue weighted by atomic mass is 79.9. The SMILES string of the molecule is Cc1ccccc1-n1cc(C(=O)Nc2cc(C(=O)NC3CC3)ccc2Br)ccc1=O. The Morgan fingerprint density at radius 2 is 1.73 bits per heavy atom. The number of carbonyl (C=O) groups excluding carboxylic acids is 2. The van der Waals surface area contributed by atoms with Crippen LogP contribution in [-0.2, 0) is 0 Å². The minimum atomic E-state index is -0.377. The second kappa shape index (κ2) is 8.28. The highest BCUT2D eigenvalue weighted by molar-refractivity contribution is 9.10. The Morgan fingerprint density at radius 3 is 2.47 bits per heavy atom. The van der Waals surface area contributed by atoms with Crippen LogP contribution < -0.4 is 16.2 Å². The van der Waals surface area contributed by atoms with Crippen LogP contribution in [0.15, 0.2) is 70.1 Å². The Kier molecular flexibility index (Phi) is 5.55. The number of aryl methyl sites for hydroxylation is 1. The lowest BCUT2D eigenvalue weighted by Gasteiger charge is -2.12. The zero-order valence-corrected chi connectivity index (χ0v) is 17.9. The standard InChI is InChI=1S/C23H20BrN3O3/c1-14-4-2-3-5-20(14)27-13-16(7-11-21(27)28)23(30)26-19-12-15(6-10-18(19)24)22(29)25-17-8-9-17/h2-7,10-13,17H,8-9H2,1H3,(H,25,29)(H,26,30). The van der Waals surface area contributed by atoms with Crippen molar-refractivity contribution in [2.45, 2.75) is 25.8 Å². The summed E-state index contributed by atoms with van der Waals surface area (Å²) < 4.78 is 2.12. The lowest BCUT2D eigenvalue weighted by molar-refractivity contribution is 0.0949. The maximum Gasteiger partial charge on any atom is 0.257 e. The molecule has 0 spiro atoms. The summed E-state index contributed by atoms with van der Waals surface area (Å²) >= 11 is 3.41. The fourth-order valence-electron chi connectivity index (χ4n) is 3.10. The third-order valence-corrected chi connectivity index (χ3v) is 5.63. The predicted molar refractivity (Wildman–Crippen MR) is 119 cm³/mol. The molecular formula is C23H20BrN3O3. The largest absolute Gasteiger partial charge is 0.349 e. The average Bonchev–Trinajstić information content (AvgIpc) is 3.54. The first-order chi connectivity index (χ1) is 14.4. The first-order valence-electron chi connectivity index (χ1n) is 9.63. The van der Waals surface area contributed by atoms with E-state index in [4.69, 9.17) is 0 Å². The summed E-state index contributed by atoms with van der Waals surface area (Å²) in [6.07, 6.45) is 3.53. The van der Waals surface area contributed by atoms with Crippen molar-refractivity contribution in [3.8, 4) is 5.69 Å². The first-order valence-corrected chi connectivity index (χ1v) is 10.4. The number of para-hydroxylation sites is 1. The number of rotatable bonds is 5. The molecule has 0 unspecified atom stereocenters. The number of hydrogen-bond donors (Lipinski definition) is 2. The normalized spacial score (nSPS) is 13.0. The summed E-state index contributed by atoms with van der Waals surface area (Å²) in [7, 11) is 0. The van der Waals surface area contributed by atoms with Gasteiger partial charge in [-0.05, 0) is 71.6 Å². The van der Waals surface area contributed by atoms with Gasteiger partial charge >= 0.3 is 0 Å². The molecule has 2 amide bonds. The molecule has 1 aromatic heterocycles. The zero-order chi connectivity index (χ0) is 21.3. The van der Waals surface area contributed by atoms with Crippen LogP contribution in [0.1, 0.15) is 39.1 Å². The number of aromatic nitrogens is 1. The number of amides is 2. The second-order valence-corrected chi connectivity index (χ2v) is 8.16. The molecule has 7 heteroatoms. The van der Waals surface area contributed by atoms with E-state index >= 15 is 0 Å². The number of pyridine rings is 1. The van der Waals surface area contributed by atoms with Gasteiger partial charge in [0.1, 0.15) is 0 Å². The highest BCUT2D eigenvalue weighted by Gasteiger charge is 2.24. The Labute approximate surface area is 182 Å². The number of anilines is 1. The van der Waals surface area contributed by atoms with Gasteiger partial charge in [0.2, 0.25) is 0 Å². The number of halogens is 1. The topological polar surface area (TPSA) is 80.2 Å². The summed E-state index contributed by atoms with van der Waals surface area (Å²) in [6.45, 7) is 1.91. The Morgan fingerprint density at radius 1 is 1.00 bits per heavy atom. The van der Waals surface area contributed by atoms with Crippen LogP contribution in [0.4, 0.5) is 5.69 Å². The fraction of sp³-hybridized carbons (Fsp3) is 0.174. The van der Waals surface area contributed by atoms with Gasteiger partial charge in [0.05, 0.1) is 16.9 Å². The van der Waals surface area contributed by atoms with Gasteiger partial charge in [0.25, 0.3) is 17.4 Å². The van der Waals surface area contributed by atoms with Crippen LogP contribution in [-0.4, -0.2) is 22.4 Å². The monoisotopic (exact) mass is 465 g/mol. The van der Waals surface area contributed by atoms with Crippen LogP contribution in [0.5, 0.6) is 0 Å². The van der Waals surface area contributed by atoms with Crippen LogP contribution >= 0.6 is 15.9 Å². The third kappa shape index (κ3) is 4.36. The van der Waals surface area contributed by atoms with Crippen LogP contribution in [0, 0.1) is 6.92 Å². The number of nitrogens with one attached hydrogen (secondary N) is 2. The summed E-state index contributed by atoms with van der Waals surface area (Å²) in [6, 6.07) is 15.7. The van der Waals surface area contributed by atoms with E-state index in [0.29, 0.717) is 21.3 Å². The maximum absolute atomic E-state index is 12.9. The van der Waals surface area contributed by atoms with Crippen molar-refractivity contribution in [2.75, 3.05) is 5.32 Å². The molecule has 1 aliphatic rings. The van der Waals surface area contributed by atoms with E-state index in [2.05, 4.69) is 26.6 Å². The fourth-order valence-corrected chi connectivity index (χ4v) is 3.44. The quantitative estimate of drug-likeness (QED) is 0.596. The molecule has 0 atom stereocenters.